The van der Waals surface area contributed by atoms with Gasteiger partial charge in [-0.25, -0.2) is 0 Å². The fourth-order valence-corrected chi connectivity index (χ4v) is 18.9. The average molecular weight is 711 g/mol. The summed E-state index contributed by atoms with van der Waals surface area (Å²) in [6, 6.07) is 10.6. The zero-order valence-corrected chi connectivity index (χ0v) is 33.8. The molecular formula is C41H56Cl2Zr. The topological polar surface area (TPSA) is 0 Å². The monoisotopic (exact) mass is 708 g/mol. The molecule has 0 spiro atoms. The molecule has 0 amide bonds. The van der Waals surface area contributed by atoms with Gasteiger partial charge >= 0.3 is 267 Å². The Morgan fingerprint density at radius 2 is 1.39 bits per heavy atom. The van der Waals surface area contributed by atoms with Gasteiger partial charge in [-0.1, -0.05) is 0 Å². The first kappa shape index (κ1) is 36.1. The molecule has 2 aromatic rings. The van der Waals surface area contributed by atoms with Crippen LogP contribution in [0.4, 0.5) is 0 Å². The van der Waals surface area contributed by atoms with E-state index in [2.05, 4.69) is 126 Å². The van der Waals surface area contributed by atoms with E-state index in [4.69, 9.17) is 0 Å². The Labute approximate surface area is 289 Å². The zero-order chi connectivity index (χ0) is 30.7. The molecule has 3 heteroatoms. The van der Waals surface area contributed by atoms with E-state index in [9.17, 15) is 0 Å². The van der Waals surface area contributed by atoms with Crippen molar-refractivity contribution in [1.82, 2.24) is 0 Å². The van der Waals surface area contributed by atoms with E-state index in [-0.39, 0.29) is 46.5 Å². The fraction of sp³-hybridized carbons (Fsp3) is 0.585. The van der Waals surface area contributed by atoms with Gasteiger partial charge in [0.25, 0.3) is 0 Å². The van der Waals surface area contributed by atoms with E-state index in [0.29, 0.717) is 11.8 Å². The summed E-state index contributed by atoms with van der Waals surface area (Å²) >= 11 is -2.04. The van der Waals surface area contributed by atoms with Gasteiger partial charge in [0.15, 0.2) is 0 Å². The molecule has 238 valence electrons. The van der Waals surface area contributed by atoms with Crippen molar-refractivity contribution >= 4 is 3.21 Å². The molecule has 3 atom stereocenters. The molecule has 0 nitrogen and oxygen atoms in total. The Kier molecular flexibility index (Phi) is 9.63. The van der Waals surface area contributed by atoms with Crippen LogP contribution >= 0.6 is 0 Å². The van der Waals surface area contributed by atoms with E-state index < -0.39 is 21.3 Å². The molecule has 0 saturated carbocycles. The van der Waals surface area contributed by atoms with Crippen molar-refractivity contribution in [3.63, 3.8) is 0 Å². The maximum atomic E-state index is 2.69. The molecule has 0 aromatic heterocycles. The molecule has 44 heavy (non-hydrogen) atoms. The van der Waals surface area contributed by atoms with E-state index >= 15 is 0 Å². The number of halogens is 2. The molecule has 0 radical (unpaired) electrons. The first-order chi connectivity index (χ1) is 19.3. The Balaban J connectivity index is 0.00000221. The number of hydrogen-bond donors (Lipinski definition) is 0. The third-order valence-corrected chi connectivity index (χ3v) is 21.6. The van der Waals surface area contributed by atoms with E-state index in [1.807, 2.05) is 3.28 Å². The molecule has 2 aromatic carbocycles. The average Bonchev–Trinajstić information content (AvgIpc) is 3.49. The van der Waals surface area contributed by atoms with Gasteiger partial charge in [-0.2, -0.15) is 0 Å². The number of benzene rings is 2. The maximum Gasteiger partial charge on any atom is -1.00 e. The second kappa shape index (κ2) is 11.7. The van der Waals surface area contributed by atoms with Gasteiger partial charge in [0.05, 0.1) is 0 Å². The van der Waals surface area contributed by atoms with Gasteiger partial charge in [-0.15, -0.1) is 0 Å². The van der Waals surface area contributed by atoms with Crippen LogP contribution in [-0.4, -0.2) is 3.21 Å². The number of hydrogen-bond acceptors (Lipinski definition) is 0. The fourth-order valence-electron chi connectivity index (χ4n) is 9.33. The molecule has 6 rings (SSSR count). The molecular weight excluding hydrogens is 655 g/mol. The van der Waals surface area contributed by atoms with Crippen LogP contribution in [0.3, 0.4) is 0 Å². The van der Waals surface area contributed by atoms with Crippen LogP contribution in [0.2, 0.25) is 3.63 Å². The third kappa shape index (κ3) is 5.60. The molecule has 4 aliphatic rings. The minimum atomic E-state index is -2.04. The van der Waals surface area contributed by atoms with E-state index in [1.54, 1.807) is 42.2 Å². The molecule has 0 saturated heterocycles. The van der Waals surface area contributed by atoms with E-state index in [0.717, 1.165) is 10.0 Å². The van der Waals surface area contributed by atoms with Crippen LogP contribution < -0.4 is 24.8 Å². The van der Waals surface area contributed by atoms with Crippen molar-refractivity contribution in [2.75, 3.05) is 0 Å². The van der Waals surface area contributed by atoms with Crippen LogP contribution in [0.1, 0.15) is 149 Å². The van der Waals surface area contributed by atoms with Crippen LogP contribution in [0.15, 0.2) is 45.3 Å². The summed E-state index contributed by atoms with van der Waals surface area (Å²) in [5, 5.41) is 0. The number of rotatable bonds is 2. The Bertz CT molecular complexity index is 1580. The smallest absolute Gasteiger partial charge is 1.00 e. The van der Waals surface area contributed by atoms with Crippen molar-refractivity contribution in [2.24, 2.45) is 11.3 Å². The van der Waals surface area contributed by atoms with E-state index in [1.165, 1.54) is 30.4 Å². The molecule has 4 aliphatic carbocycles. The van der Waals surface area contributed by atoms with Crippen molar-refractivity contribution in [3.05, 3.63) is 78.7 Å². The second-order valence-corrected chi connectivity index (χ2v) is 25.4. The minimum Gasteiger partial charge on any atom is -1.00 e. The molecule has 0 aliphatic heterocycles. The normalized spacial score (nSPS) is 25.0. The van der Waals surface area contributed by atoms with Gasteiger partial charge in [-0.05, 0) is 0 Å². The second-order valence-electron chi connectivity index (χ2n) is 17.6. The summed E-state index contributed by atoms with van der Waals surface area (Å²) in [5.41, 5.74) is 15.2. The van der Waals surface area contributed by atoms with Gasteiger partial charge in [0, 0.05) is 0 Å². The molecule has 0 N–H and O–H groups in total. The van der Waals surface area contributed by atoms with Crippen LogP contribution in [0, 0.1) is 11.3 Å². The Morgan fingerprint density at radius 1 is 0.795 bits per heavy atom. The predicted molar refractivity (Wildman–Crippen MR) is 181 cm³/mol. The summed E-state index contributed by atoms with van der Waals surface area (Å²) in [6.45, 7) is 32.2. The Hall–Kier alpha value is -0.747. The Morgan fingerprint density at radius 3 is 1.95 bits per heavy atom. The van der Waals surface area contributed by atoms with Crippen molar-refractivity contribution in [3.8, 4) is 11.1 Å². The quantitative estimate of drug-likeness (QED) is 0.329. The molecule has 0 heterocycles. The number of fused-ring (bicyclic) bond motifs is 5. The van der Waals surface area contributed by atoms with Crippen molar-refractivity contribution in [2.45, 2.75) is 141 Å². The van der Waals surface area contributed by atoms with Crippen molar-refractivity contribution < 1.29 is 46.1 Å². The molecule has 0 fully saturated rings. The maximum absolute atomic E-state index is 2.69. The van der Waals surface area contributed by atoms with Crippen LogP contribution in [-0.2, 0) is 43.9 Å². The standard InChI is InChI=1S/C29H37.C9H13.C3H6.2ClH.Zr/c1-17-9-10-27(3,4)24-12-19-11-20-13-26-25(15-23(20)22(19)14-21(17)24)28(5,6)16-18(2)29(26,7)8;1-9(2,3)8-6-4-5-7-8;1-3-2;;;/h10,12-15,17-18H,9,11,16H2,1-8H3;6-7H,4H2,1-3H3;1-2H3;2*1H;/q;;;;;+2/p-2. The van der Waals surface area contributed by atoms with Gasteiger partial charge in [0.1, 0.15) is 0 Å². The predicted octanol–water partition coefficient (Wildman–Crippen LogP) is 5.52. The van der Waals surface area contributed by atoms with Gasteiger partial charge in [-0.3, -0.25) is 0 Å². The first-order valence-electron chi connectivity index (χ1n) is 16.8. The molecule has 0 bridgehead atoms. The van der Waals surface area contributed by atoms with Gasteiger partial charge in [0.2, 0.25) is 0 Å². The zero-order valence-electron chi connectivity index (χ0n) is 29.8. The summed E-state index contributed by atoms with van der Waals surface area (Å²) in [7, 11) is 0. The largest absolute Gasteiger partial charge is 1.00 e. The SMILES string of the molecule is C[C](C)=[Zr+2]([C]1=CC(C(C)(C)C)=CC1)[CH]1CC(C)c2cc3c(cc2C1(C)C)Cc1cc2c(cc1-3)C(C)(C)CC(C)C2(C)C.[Cl-].[Cl-]. The van der Waals surface area contributed by atoms with Crippen LogP contribution in [0.5, 0.6) is 0 Å². The first-order valence-corrected chi connectivity index (χ1v) is 20.7. The third-order valence-electron chi connectivity index (χ3n) is 12.3. The molecule has 3 unspecified atom stereocenters. The summed E-state index contributed by atoms with van der Waals surface area (Å²) in [5.74, 6) is 1.31. The van der Waals surface area contributed by atoms with Crippen molar-refractivity contribution in [1.29, 1.82) is 0 Å². The van der Waals surface area contributed by atoms with Gasteiger partial charge < -0.3 is 24.8 Å². The number of allylic oxidation sites excluding steroid dienone is 4. The van der Waals surface area contributed by atoms with Crippen LogP contribution in [0.25, 0.3) is 11.1 Å². The summed E-state index contributed by atoms with van der Waals surface area (Å²) < 4.78 is 4.43. The summed E-state index contributed by atoms with van der Waals surface area (Å²) in [4.78, 5) is 0. The summed E-state index contributed by atoms with van der Waals surface area (Å²) in [6.07, 6.45) is 10.1. The minimum absolute atomic E-state index is 0.